The maximum Gasteiger partial charge on any atom is 0.254 e. The van der Waals surface area contributed by atoms with Crippen molar-refractivity contribution in [2.24, 2.45) is 0 Å². The summed E-state index contributed by atoms with van der Waals surface area (Å²) in [5.41, 5.74) is 1.09. The van der Waals surface area contributed by atoms with Gasteiger partial charge in [-0.1, -0.05) is 6.07 Å². The van der Waals surface area contributed by atoms with E-state index in [4.69, 9.17) is 4.42 Å². The molecular formula is C16H15BrF2N2O2. The summed E-state index contributed by atoms with van der Waals surface area (Å²) in [6.07, 6.45) is 2.09. The molecule has 3 rings (SSSR count). The second-order valence-corrected chi connectivity index (χ2v) is 6.27. The van der Waals surface area contributed by atoms with Gasteiger partial charge in [0.2, 0.25) is 0 Å². The summed E-state index contributed by atoms with van der Waals surface area (Å²) in [4.78, 5) is 12.3. The van der Waals surface area contributed by atoms with Gasteiger partial charge < -0.3 is 15.1 Å². The minimum Gasteiger partial charge on any atom is -0.457 e. The number of hydrogen-bond acceptors (Lipinski definition) is 3. The molecule has 1 fully saturated rings. The van der Waals surface area contributed by atoms with Gasteiger partial charge in [0.05, 0.1) is 5.56 Å². The number of furan rings is 1. The van der Waals surface area contributed by atoms with Crippen LogP contribution in [0, 0.1) is 11.6 Å². The lowest BCUT2D eigenvalue weighted by Gasteiger charge is -2.33. The van der Waals surface area contributed by atoms with Crippen LogP contribution in [0.25, 0.3) is 0 Å². The Labute approximate surface area is 140 Å². The smallest absolute Gasteiger partial charge is 0.254 e. The molecule has 2 aromatic rings. The van der Waals surface area contributed by atoms with Gasteiger partial charge in [0.25, 0.3) is 5.91 Å². The topological polar surface area (TPSA) is 54.3 Å². The first kappa shape index (κ1) is 16.1. The van der Waals surface area contributed by atoms with E-state index in [0.717, 1.165) is 19.0 Å². The monoisotopic (exact) mass is 384 g/mol. The van der Waals surface area contributed by atoms with Gasteiger partial charge in [-0.25, -0.2) is 8.78 Å². The van der Waals surface area contributed by atoms with Crippen LogP contribution in [0.1, 0.15) is 28.3 Å². The van der Waals surface area contributed by atoms with Crippen LogP contribution < -0.4 is 10.6 Å². The second kappa shape index (κ2) is 6.80. The number of nitrogens with one attached hydrogen (secondary N) is 2. The zero-order valence-electron chi connectivity index (χ0n) is 12.1. The first-order valence-electron chi connectivity index (χ1n) is 7.25. The highest BCUT2D eigenvalue weighted by Gasteiger charge is 2.29. The molecule has 4 nitrogen and oxygen atoms in total. The van der Waals surface area contributed by atoms with Gasteiger partial charge in [0, 0.05) is 24.6 Å². The molecule has 23 heavy (non-hydrogen) atoms. The Hall–Kier alpha value is -1.73. The number of amides is 1. The Morgan fingerprint density at radius 2 is 2.13 bits per heavy atom. The van der Waals surface area contributed by atoms with Gasteiger partial charge in [-0.2, -0.15) is 0 Å². The third-order valence-electron chi connectivity index (χ3n) is 4.00. The van der Waals surface area contributed by atoms with E-state index in [2.05, 4.69) is 26.6 Å². The molecular weight excluding hydrogens is 370 g/mol. The van der Waals surface area contributed by atoms with Gasteiger partial charge in [-0.15, -0.1) is 0 Å². The average molecular weight is 385 g/mol. The molecule has 1 aromatic carbocycles. The molecule has 0 bridgehead atoms. The predicted octanol–water partition coefficient (Wildman–Crippen LogP) is 3.20. The largest absolute Gasteiger partial charge is 0.457 e. The number of carbonyl (C=O) groups is 1. The van der Waals surface area contributed by atoms with Crippen LogP contribution in [0.2, 0.25) is 0 Å². The van der Waals surface area contributed by atoms with Crippen molar-refractivity contribution in [2.45, 2.75) is 18.4 Å². The van der Waals surface area contributed by atoms with Gasteiger partial charge >= 0.3 is 0 Å². The fraction of sp³-hybridized carbons (Fsp3) is 0.312. The standard InChI is InChI=1S/C16H15BrF2N2O2/c17-15-6-10(8-23-15)16(22)21-14-7-20-4-3-11(14)9-1-2-12(18)13(19)5-9/h1-2,5-6,8,11,14,20H,3-4,7H2,(H,21,22). The normalized spacial score (nSPS) is 21.2. The van der Waals surface area contributed by atoms with Crippen molar-refractivity contribution in [3.63, 3.8) is 0 Å². The molecule has 2 unspecified atom stereocenters. The van der Waals surface area contributed by atoms with Crippen LogP contribution in [0.5, 0.6) is 0 Å². The van der Waals surface area contributed by atoms with E-state index in [1.807, 2.05) is 0 Å². The van der Waals surface area contributed by atoms with E-state index < -0.39 is 11.6 Å². The zero-order valence-corrected chi connectivity index (χ0v) is 13.7. The van der Waals surface area contributed by atoms with Crippen molar-refractivity contribution < 1.29 is 18.0 Å². The minimum absolute atomic E-state index is 0.0781. The molecule has 7 heteroatoms. The molecule has 0 saturated carbocycles. The molecule has 1 aliphatic rings. The van der Waals surface area contributed by atoms with E-state index in [0.29, 0.717) is 22.3 Å². The summed E-state index contributed by atoms with van der Waals surface area (Å²) in [5.74, 6) is -2.08. The van der Waals surface area contributed by atoms with Gasteiger partial charge in [0.15, 0.2) is 16.3 Å². The Morgan fingerprint density at radius 1 is 1.30 bits per heavy atom. The van der Waals surface area contributed by atoms with Crippen LogP contribution in [0.4, 0.5) is 8.78 Å². The lowest BCUT2D eigenvalue weighted by Crippen LogP contribution is -2.50. The first-order valence-corrected chi connectivity index (χ1v) is 8.04. The summed E-state index contributed by atoms with van der Waals surface area (Å²) in [5, 5.41) is 6.14. The maximum absolute atomic E-state index is 13.5. The highest BCUT2D eigenvalue weighted by atomic mass is 79.9. The number of hydrogen-bond donors (Lipinski definition) is 2. The van der Waals surface area contributed by atoms with Crippen molar-refractivity contribution in [1.82, 2.24) is 10.6 Å². The highest BCUT2D eigenvalue weighted by Crippen LogP contribution is 2.27. The van der Waals surface area contributed by atoms with Crippen LogP contribution in [-0.4, -0.2) is 25.0 Å². The van der Waals surface area contributed by atoms with Crippen molar-refractivity contribution in [2.75, 3.05) is 13.1 Å². The van der Waals surface area contributed by atoms with E-state index in [1.165, 1.54) is 12.3 Å². The average Bonchev–Trinajstić information content (AvgIpc) is 2.97. The Balaban J connectivity index is 1.78. The van der Waals surface area contributed by atoms with Gasteiger partial charge in [-0.05, 0) is 46.6 Å². The molecule has 2 atom stereocenters. The van der Waals surface area contributed by atoms with Crippen molar-refractivity contribution in [1.29, 1.82) is 0 Å². The molecule has 1 aromatic heterocycles. The van der Waals surface area contributed by atoms with Crippen molar-refractivity contribution in [3.8, 4) is 0 Å². The SMILES string of the molecule is O=C(NC1CNCCC1c1ccc(F)c(F)c1)c1coc(Br)c1. The van der Waals surface area contributed by atoms with E-state index in [1.54, 1.807) is 12.1 Å². The Bertz CT molecular complexity index is 720. The number of halogens is 3. The van der Waals surface area contributed by atoms with Crippen molar-refractivity contribution >= 4 is 21.8 Å². The van der Waals surface area contributed by atoms with Gasteiger partial charge in [-0.3, -0.25) is 4.79 Å². The van der Waals surface area contributed by atoms with Crippen molar-refractivity contribution in [3.05, 3.63) is 58.0 Å². The molecule has 1 aliphatic heterocycles. The first-order chi connectivity index (χ1) is 11.0. The third-order valence-corrected chi connectivity index (χ3v) is 4.42. The Morgan fingerprint density at radius 3 is 2.83 bits per heavy atom. The summed E-state index contributed by atoms with van der Waals surface area (Å²) < 4.78 is 32.2. The zero-order chi connectivity index (χ0) is 16.4. The summed E-state index contributed by atoms with van der Waals surface area (Å²) in [6.45, 7) is 1.32. The van der Waals surface area contributed by atoms with E-state index in [9.17, 15) is 13.6 Å². The molecule has 1 amide bonds. The van der Waals surface area contributed by atoms with Crippen LogP contribution in [-0.2, 0) is 0 Å². The lowest BCUT2D eigenvalue weighted by molar-refractivity contribution is 0.0924. The molecule has 122 valence electrons. The fourth-order valence-electron chi connectivity index (χ4n) is 2.83. The molecule has 2 heterocycles. The van der Waals surface area contributed by atoms with Crippen LogP contribution in [0.3, 0.4) is 0 Å². The Kier molecular flexibility index (Phi) is 4.77. The highest BCUT2D eigenvalue weighted by molar-refractivity contribution is 9.10. The van der Waals surface area contributed by atoms with Crippen LogP contribution in [0.15, 0.2) is 39.6 Å². The number of carbonyl (C=O) groups excluding carboxylic acids is 1. The quantitative estimate of drug-likeness (QED) is 0.854. The minimum atomic E-state index is -0.870. The van der Waals surface area contributed by atoms with E-state index >= 15 is 0 Å². The van der Waals surface area contributed by atoms with Crippen LogP contribution >= 0.6 is 15.9 Å². The number of piperidine rings is 1. The van der Waals surface area contributed by atoms with Gasteiger partial charge in [0.1, 0.15) is 6.26 Å². The fourth-order valence-corrected chi connectivity index (χ4v) is 3.17. The predicted molar refractivity (Wildman–Crippen MR) is 84.2 cm³/mol. The number of rotatable bonds is 3. The summed E-state index contributed by atoms with van der Waals surface area (Å²) >= 11 is 3.15. The second-order valence-electron chi connectivity index (χ2n) is 5.49. The molecule has 0 spiro atoms. The summed E-state index contributed by atoms with van der Waals surface area (Å²) in [6, 6.07) is 5.27. The molecule has 1 saturated heterocycles. The maximum atomic E-state index is 13.5. The van der Waals surface area contributed by atoms with E-state index in [-0.39, 0.29) is 17.9 Å². The third kappa shape index (κ3) is 3.61. The molecule has 2 N–H and O–H groups in total. The lowest BCUT2D eigenvalue weighted by atomic mass is 9.86. The molecule has 0 radical (unpaired) electrons. The number of benzene rings is 1. The molecule has 0 aliphatic carbocycles. The summed E-state index contributed by atoms with van der Waals surface area (Å²) in [7, 11) is 0.